The van der Waals surface area contributed by atoms with Crippen molar-refractivity contribution in [1.29, 1.82) is 0 Å². The number of carbonyl (C=O) groups excluding carboxylic acids is 2. The Kier molecular flexibility index (Phi) is 6.55. The van der Waals surface area contributed by atoms with E-state index in [-0.39, 0.29) is 17.7 Å². The second-order valence-corrected chi connectivity index (χ2v) is 8.52. The third kappa shape index (κ3) is 4.83. The van der Waals surface area contributed by atoms with Gasteiger partial charge in [-0.25, -0.2) is 9.67 Å². The lowest BCUT2D eigenvalue weighted by molar-refractivity contribution is -0.121. The molecule has 166 valence electrons. The smallest absolute Gasteiger partial charge is 0.258 e. The van der Waals surface area contributed by atoms with Crippen LogP contribution in [-0.4, -0.2) is 44.6 Å². The zero-order valence-corrected chi connectivity index (χ0v) is 19.0. The molecule has 0 spiro atoms. The van der Waals surface area contributed by atoms with Gasteiger partial charge in [-0.2, -0.15) is 5.10 Å². The molecule has 0 radical (unpaired) electrons. The number of benzene rings is 1. The summed E-state index contributed by atoms with van der Waals surface area (Å²) in [4.78, 5) is 31.6. The Morgan fingerprint density at radius 1 is 1.09 bits per heavy atom. The highest BCUT2D eigenvalue weighted by atomic mass is 35.5. The molecule has 0 bridgehead atoms. The average molecular weight is 452 g/mol. The average Bonchev–Trinajstić information content (AvgIpc) is 3.08. The number of hydrogen-bond donors (Lipinski definition) is 1. The Hall–Kier alpha value is -3.19. The summed E-state index contributed by atoms with van der Waals surface area (Å²) in [6.07, 6.45) is 2.83. The highest BCUT2D eigenvalue weighted by molar-refractivity contribution is 6.33. The second kappa shape index (κ2) is 9.53. The standard InChI is InChI=1S/C24H26ClN5O2/c1-16-6-8-18(9-7-16)15-30-22(25)21(17(2)28-30)24(32)29-13-10-19(11-14-29)23(31)27-20-5-3-4-12-26-20/h3-9,12,19H,10-11,13-15H2,1-2H3,(H,26,27,31). The number of hydrogen-bond acceptors (Lipinski definition) is 4. The molecule has 1 saturated heterocycles. The lowest BCUT2D eigenvalue weighted by atomic mass is 9.95. The number of anilines is 1. The van der Waals surface area contributed by atoms with Crippen molar-refractivity contribution in [3.63, 3.8) is 0 Å². The van der Waals surface area contributed by atoms with E-state index in [1.54, 1.807) is 34.8 Å². The maximum Gasteiger partial charge on any atom is 0.258 e. The number of pyridine rings is 1. The molecule has 1 aromatic carbocycles. The van der Waals surface area contributed by atoms with E-state index < -0.39 is 0 Å². The summed E-state index contributed by atoms with van der Waals surface area (Å²) >= 11 is 6.58. The van der Waals surface area contributed by atoms with Crippen LogP contribution in [-0.2, 0) is 11.3 Å². The molecule has 2 aromatic heterocycles. The fourth-order valence-electron chi connectivity index (χ4n) is 3.94. The van der Waals surface area contributed by atoms with Crippen LogP contribution in [0.25, 0.3) is 0 Å². The van der Waals surface area contributed by atoms with Crippen molar-refractivity contribution in [2.75, 3.05) is 18.4 Å². The van der Waals surface area contributed by atoms with Crippen molar-refractivity contribution >= 4 is 29.2 Å². The van der Waals surface area contributed by atoms with Crippen LogP contribution in [0.5, 0.6) is 0 Å². The van der Waals surface area contributed by atoms with Crippen LogP contribution in [0.15, 0.2) is 48.7 Å². The van der Waals surface area contributed by atoms with Gasteiger partial charge in [0.2, 0.25) is 5.91 Å². The van der Waals surface area contributed by atoms with Crippen molar-refractivity contribution in [3.8, 4) is 0 Å². The number of carbonyl (C=O) groups is 2. The molecule has 7 nitrogen and oxygen atoms in total. The van der Waals surface area contributed by atoms with Gasteiger partial charge in [0.05, 0.1) is 17.8 Å². The van der Waals surface area contributed by atoms with Crippen LogP contribution in [0.4, 0.5) is 5.82 Å². The molecular weight excluding hydrogens is 426 g/mol. The van der Waals surface area contributed by atoms with Crippen LogP contribution in [0.1, 0.15) is 40.0 Å². The molecule has 1 N–H and O–H groups in total. The van der Waals surface area contributed by atoms with Gasteiger partial charge in [0.15, 0.2) is 0 Å². The first-order valence-corrected chi connectivity index (χ1v) is 11.1. The third-order valence-electron chi connectivity index (χ3n) is 5.80. The molecule has 3 aromatic rings. The molecule has 1 aliphatic heterocycles. The summed E-state index contributed by atoms with van der Waals surface area (Å²) in [6.45, 7) is 5.34. The molecule has 0 aliphatic carbocycles. The third-order valence-corrected chi connectivity index (χ3v) is 6.19. The molecule has 0 saturated carbocycles. The number of likely N-dealkylation sites (tertiary alicyclic amines) is 1. The van der Waals surface area contributed by atoms with Crippen molar-refractivity contribution in [1.82, 2.24) is 19.7 Å². The Morgan fingerprint density at radius 3 is 2.47 bits per heavy atom. The molecular formula is C24H26ClN5O2. The zero-order chi connectivity index (χ0) is 22.7. The molecule has 0 atom stereocenters. The Balaban J connectivity index is 1.39. The minimum absolute atomic E-state index is 0.0593. The van der Waals surface area contributed by atoms with Crippen molar-refractivity contribution in [3.05, 3.63) is 76.2 Å². The molecule has 8 heteroatoms. The van der Waals surface area contributed by atoms with E-state index in [1.807, 2.05) is 37.3 Å². The fourth-order valence-corrected chi connectivity index (χ4v) is 4.25. The van der Waals surface area contributed by atoms with E-state index in [0.717, 1.165) is 5.56 Å². The van der Waals surface area contributed by atoms with E-state index in [0.29, 0.717) is 54.7 Å². The molecule has 3 heterocycles. The predicted octanol–water partition coefficient (Wildman–Crippen LogP) is 4.09. The highest BCUT2D eigenvalue weighted by Crippen LogP contribution is 2.26. The number of aryl methyl sites for hydroxylation is 2. The number of nitrogens with one attached hydrogen (secondary N) is 1. The summed E-state index contributed by atoms with van der Waals surface area (Å²) in [5, 5.41) is 7.70. The zero-order valence-electron chi connectivity index (χ0n) is 18.2. The van der Waals surface area contributed by atoms with Crippen LogP contribution < -0.4 is 5.32 Å². The number of nitrogens with zero attached hydrogens (tertiary/aromatic N) is 4. The van der Waals surface area contributed by atoms with Gasteiger partial charge >= 0.3 is 0 Å². The van der Waals surface area contributed by atoms with Gasteiger partial charge in [-0.1, -0.05) is 47.5 Å². The normalized spacial score (nSPS) is 14.4. The quantitative estimate of drug-likeness (QED) is 0.633. The molecule has 32 heavy (non-hydrogen) atoms. The largest absolute Gasteiger partial charge is 0.338 e. The summed E-state index contributed by atoms with van der Waals surface area (Å²) in [7, 11) is 0. The second-order valence-electron chi connectivity index (χ2n) is 8.17. The Labute approximate surface area is 192 Å². The summed E-state index contributed by atoms with van der Waals surface area (Å²) in [6, 6.07) is 13.5. The van der Waals surface area contributed by atoms with E-state index >= 15 is 0 Å². The summed E-state index contributed by atoms with van der Waals surface area (Å²) in [5.41, 5.74) is 3.31. The monoisotopic (exact) mass is 451 g/mol. The SMILES string of the molecule is Cc1ccc(Cn2nc(C)c(C(=O)N3CCC(C(=O)Nc4ccccn4)CC3)c2Cl)cc1. The fraction of sp³-hybridized carbons (Fsp3) is 0.333. The Bertz CT molecular complexity index is 1100. The lowest BCUT2D eigenvalue weighted by Gasteiger charge is -2.31. The van der Waals surface area contributed by atoms with Gasteiger partial charge in [0.25, 0.3) is 5.91 Å². The molecule has 2 amide bonds. The van der Waals surface area contributed by atoms with Gasteiger partial charge in [-0.05, 0) is 44.4 Å². The summed E-state index contributed by atoms with van der Waals surface area (Å²) < 4.78 is 1.67. The predicted molar refractivity (Wildman–Crippen MR) is 124 cm³/mol. The number of rotatable bonds is 5. The van der Waals surface area contributed by atoms with Crippen molar-refractivity contribution in [2.24, 2.45) is 5.92 Å². The van der Waals surface area contributed by atoms with E-state index in [2.05, 4.69) is 15.4 Å². The maximum absolute atomic E-state index is 13.2. The molecule has 0 unspecified atom stereocenters. The van der Waals surface area contributed by atoms with Gasteiger partial charge in [0.1, 0.15) is 11.0 Å². The van der Waals surface area contributed by atoms with Gasteiger partial charge in [-0.3, -0.25) is 9.59 Å². The minimum atomic E-state index is -0.151. The van der Waals surface area contributed by atoms with E-state index in [9.17, 15) is 9.59 Å². The van der Waals surface area contributed by atoms with Crippen molar-refractivity contribution in [2.45, 2.75) is 33.2 Å². The maximum atomic E-state index is 13.2. The number of amides is 2. The number of halogens is 1. The van der Waals surface area contributed by atoms with Gasteiger partial charge in [-0.15, -0.1) is 0 Å². The van der Waals surface area contributed by atoms with E-state index in [1.165, 1.54) is 5.56 Å². The van der Waals surface area contributed by atoms with Crippen LogP contribution in [0.2, 0.25) is 5.15 Å². The molecule has 1 aliphatic rings. The lowest BCUT2D eigenvalue weighted by Crippen LogP contribution is -2.41. The highest BCUT2D eigenvalue weighted by Gasteiger charge is 2.31. The number of piperidine rings is 1. The first-order valence-electron chi connectivity index (χ1n) is 10.7. The topological polar surface area (TPSA) is 80.1 Å². The molecule has 1 fully saturated rings. The van der Waals surface area contributed by atoms with Crippen LogP contribution in [0.3, 0.4) is 0 Å². The van der Waals surface area contributed by atoms with Gasteiger partial charge in [0, 0.05) is 25.2 Å². The Morgan fingerprint density at radius 2 is 1.81 bits per heavy atom. The van der Waals surface area contributed by atoms with Crippen molar-refractivity contribution < 1.29 is 9.59 Å². The van der Waals surface area contributed by atoms with Gasteiger partial charge < -0.3 is 10.2 Å². The molecule has 4 rings (SSSR count). The number of aromatic nitrogens is 3. The minimum Gasteiger partial charge on any atom is -0.338 e. The van der Waals surface area contributed by atoms with E-state index in [4.69, 9.17) is 11.6 Å². The van der Waals surface area contributed by atoms with Crippen LogP contribution in [0, 0.1) is 19.8 Å². The first kappa shape index (κ1) is 22.0. The first-order chi connectivity index (χ1) is 15.4. The summed E-state index contributed by atoms with van der Waals surface area (Å²) in [5.74, 6) is 0.198. The van der Waals surface area contributed by atoms with Crippen LogP contribution >= 0.6 is 11.6 Å².